The number of esters is 1. The Hall–Kier alpha value is -2.45. The summed E-state index contributed by atoms with van der Waals surface area (Å²) in [5, 5.41) is 12.6. The average Bonchev–Trinajstić information content (AvgIpc) is 2.67. The molecule has 0 aliphatic carbocycles. The minimum Gasteiger partial charge on any atom is -0.466 e. The summed E-state index contributed by atoms with van der Waals surface area (Å²) in [6.45, 7) is 3.01. The molecule has 2 heterocycles. The third kappa shape index (κ3) is 4.34. The van der Waals surface area contributed by atoms with E-state index in [4.69, 9.17) is 27.9 Å². The molecule has 0 spiro atoms. The van der Waals surface area contributed by atoms with E-state index >= 15 is 0 Å². The van der Waals surface area contributed by atoms with Gasteiger partial charge in [0.15, 0.2) is 5.69 Å². The number of hydrogen-bond donors (Lipinski definition) is 0. The number of aromatic nitrogens is 2. The molecule has 1 aromatic heterocycles. The van der Waals surface area contributed by atoms with Crippen LogP contribution in [-0.4, -0.2) is 40.6 Å². The lowest BCUT2D eigenvalue weighted by molar-refractivity contribution is -0.383. The number of piperidine rings is 1. The van der Waals surface area contributed by atoms with E-state index in [1.54, 1.807) is 30.0 Å². The van der Waals surface area contributed by atoms with Crippen molar-refractivity contribution in [2.45, 2.75) is 19.8 Å². The Kier molecular flexibility index (Phi) is 6.31. The fourth-order valence-electron chi connectivity index (χ4n) is 3.26. The van der Waals surface area contributed by atoms with Crippen molar-refractivity contribution in [2.24, 2.45) is 5.92 Å². The molecular formula is C18H18Cl2N4O4. The lowest BCUT2D eigenvalue weighted by Crippen LogP contribution is -2.37. The van der Waals surface area contributed by atoms with Gasteiger partial charge in [0.25, 0.3) is 0 Å². The highest BCUT2D eigenvalue weighted by atomic mass is 35.5. The highest BCUT2D eigenvalue weighted by molar-refractivity contribution is 6.35. The van der Waals surface area contributed by atoms with Gasteiger partial charge < -0.3 is 9.64 Å². The van der Waals surface area contributed by atoms with Gasteiger partial charge in [-0.2, -0.15) is 0 Å². The lowest BCUT2D eigenvalue weighted by Gasteiger charge is -2.31. The largest absolute Gasteiger partial charge is 0.466 e. The smallest absolute Gasteiger partial charge is 0.337 e. The van der Waals surface area contributed by atoms with Crippen molar-refractivity contribution >= 4 is 40.7 Å². The van der Waals surface area contributed by atoms with Crippen LogP contribution in [0.25, 0.3) is 11.3 Å². The summed E-state index contributed by atoms with van der Waals surface area (Å²) in [5.74, 6) is -0.217. The summed E-state index contributed by atoms with van der Waals surface area (Å²) in [6, 6.07) is 4.68. The van der Waals surface area contributed by atoms with Crippen molar-refractivity contribution in [2.75, 3.05) is 24.6 Å². The zero-order chi connectivity index (χ0) is 20.3. The topological polar surface area (TPSA) is 98.5 Å². The Labute approximate surface area is 171 Å². The third-order valence-corrected chi connectivity index (χ3v) is 4.97. The Morgan fingerprint density at radius 3 is 2.46 bits per heavy atom. The number of carbonyl (C=O) groups excluding carboxylic acids is 1. The summed E-state index contributed by atoms with van der Waals surface area (Å²) >= 11 is 12.1. The van der Waals surface area contributed by atoms with Crippen molar-refractivity contribution in [1.82, 2.24) is 9.97 Å². The first-order valence-electron chi connectivity index (χ1n) is 8.78. The maximum Gasteiger partial charge on any atom is 0.337 e. The van der Waals surface area contributed by atoms with Gasteiger partial charge in [-0.3, -0.25) is 14.9 Å². The predicted molar refractivity (Wildman–Crippen MR) is 106 cm³/mol. The van der Waals surface area contributed by atoms with E-state index in [1.165, 1.54) is 6.33 Å². The number of halogens is 2. The van der Waals surface area contributed by atoms with E-state index in [0.29, 0.717) is 48.1 Å². The number of ether oxygens (including phenoxy) is 1. The number of nitro groups is 1. The van der Waals surface area contributed by atoms with E-state index < -0.39 is 4.92 Å². The number of benzene rings is 1. The van der Waals surface area contributed by atoms with E-state index in [1.807, 2.05) is 0 Å². The number of rotatable bonds is 5. The first kappa shape index (κ1) is 20.3. The van der Waals surface area contributed by atoms with Crippen molar-refractivity contribution in [3.8, 4) is 11.3 Å². The van der Waals surface area contributed by atoms with Crippen molar-refractivity contribution < 1.29 is 14.5 Å². The zero-order valence-electron chi connectivity index (χ0n) is 15.1. The molecule has 3 rings (SSSR count). The van der Waals surface area contributed by atoms with Crippen LogP contribution in [0, 0.1) is 16.0 Å². The molecule has 0 N–H and O–H groups in total. The second-order valence-corrected chi connectivity index (χ2v) is 7.20. The minimum absolute atomic E-state index is 0.145. The molecule has 0 amide bonds. The van der Waals surface area contributed by atoms with Crippen LogP contribution in [0.5, 0.6) is 0 Å². The average molecular weight is 425 g/mol. The maximum atomic E-state index is 11.9. The second kappa shape index (κ2) is 8.70. The molecule has 0 unspecified atom stereocenters. The Morgan fingerprint density at radius 2 is 1.89 bits per heavy atom. The molecule has 0 radical (unpaired) electrons. The molecule has 0 bridgehead atoms. The quantitative estimate of drug-likeness (QED) is 0.403. The molecule has 1 aliphatic rings. The number of nitrogens with zero attached hydrogens (tertiary/aromatic N) is 4. The van der Waals surface area contributed by atoms with Gasteiger partial charge in [0.05, 0.1) is 17.4 Å². The molecular weight excluding hydrogens is 407 g/mol. The van der Waals surface area contributed by atoms with Crippen molar-refractivity contribution in [3.05, 3.63) is 44.7 Å². The van der Waals surface area contributed by atoms with Gasteiger partial charge in [-0.1, -0.05) is 23.2 Å². The summed E-state index contributed by atoms with van der Waals surface area (Å²) in [6.07, 6.45) is 2.36. The molecule has 10 heteroatoms. The molecule has 2 aromatic rings. The normalized spacial score (nSPS) is 14.8. The standard InChI is InChI=1S/C18H18Cl2N4O4/c1-2-28-18(25)11-3-5-23(6-4-11)17-16(24(26)27)15(21-10-22-17)12-7-13(19)9-14(20)8-12/h7-11H,2-6H2,1H3. The van der Waals surface area contributed by atoms with Gasteiger partial charge in [0, 0.05) is 28.7 Å². The van der Waals surface area contributed by atoms with Crippen LogP contribution in [0.1, 0.15) is 19.8 Å². The molecule has 8 nitrogen and oxygen atoms in total. The Balaban J connectivity index is 1.93. The summed E-state index contributed by atoms with van der Waals surface area (Å²) in [4.78, 5) is 33.3. The predicted octanol–water partition coefficient (Wildman–Crippen LogP) is 4.14. The Bertz CT molecular complexity index is 881. The van der Waals surface area contributed by atoms with Gasteiger partial charge in [-0.05, 0) is 38.0 Å². The number of anilines is 1. The molecule has 1 fully saturated rings. The lowest BCUT2D eigenvalue weighted by atomic mass is 9.97. The van der Waals surface area contributed by atoms with Crippen LogP contribution in [0.2, 0.25) is 10.0 Å². The monoisotopic (exact) mass is 424 g/mol. The minimum atomic E-state index is -0.503. The number of carbonyl (C=O) groups is 1. The fraction of sp³-hybridized carbons (Fsp3) is 0.389. The highest BCUT2D eigenvalue weighted by Crippen LogP contribution is 2.38. The molecule has 148 valence electrons. The van der Waals surface area contributed by atoms with E-state index in [9.17, 15) is 14.9 Å². The van der Waals surface area contributed by atoms with Crippen molar-refractivity contribution in [3.63, 3.8) is 0 Å². The molecule has 0 saturated carbocycles. The zero-order valence-corrected chi connectivity index (χ0v) is 16.6. The summed E-state index contributed by atoms with van der Waals surface area (Å²) < 4.78 is 5.07. The summed E-state index contributed by atoms with van der Waals surface area (Å²) in [7, 11) is 0. The van der Waals surface area contributed by atoms with Gasteiger partial charge in [0.2, 0.25) is 5.82 Å². The third-order valence-electron chi connectivity index (χ3n) is 4.54. The highest BCUT2D eigenvalue weighted by Gasteiger charge is 2.32. The first-order valence-corrected chi connectivity index (χ1v) is 9.53. The molecule has 28 heavy (non-hydrogen) atoms. The van der Waals surface area contributed by atoms with Crippen LogP contribution in [0.4, 0.5) is 11.5 Å². The first-order chi connectivity index (χ1) is 13.4. The molecule has 1 aromatic carbocycles. The molecule has 1 aliphatic heterocycles. The van der Waals surface area contributed by atoms with Crippen LogP contribution in [-0.2, 0) is 9.53 Å². The van der Waals surface area contributed by atoms with Crippen LogP contribution in [0.3, 0.4) is 0 Å². The van der Waals surface area contributed by atoms with E-state index in [2.05, 4.69) is 9.97 Å². The second-order valence-electron chi connectivity index (χ2n) is 6.32. The van der Waals surface area contributed by atoms with Crippen LogP contribution >= 0.6 is 23.2 Å². The van der Waals surface area contributed by atoms with Crippen molar-refractivity contribution in [1.29, 1.82) is 0 Å². The summed E-state index contributed by atoms with van der Waals surface area (Å²) in [5.41, 5.74) is 0.372. The van der Waals surface area contributed by atoms with Gasteiger partial charge in [-0.25, -0.2) is 9.97 Å². The van der Waals surface area contributed by atoms with Crippen LogP contribution < -0.4 is 4.90 Å². The van der Waals surface area contributed by atoms with Gasteiger partial charge in [0.1, 0.15) is 6.33 Å². The molecule has 1 saturated heterocycles. The van der Waals surface area contributed by atoms with E-state index in [0.717, 1.165) is 0 Å². The van der Waals surface area contributed by atoms with Crippen LogP contribution in [0.15, 0.2) is 24.5 Å². The molecule has 0 atom stereocenters. The SMILES string of the molecule is CCOC(=O)C1CCN(c2ncnc(-c3cc(Cl)cc(Cl)c3)c2[N+](=O)[O-])CC1. The van der Waals surface area contributed by atoms with E-state index in [-0.39, 0.29) is 29.1 Å². The van der Waals surface area contributed by atoms with Gasteiger partial charge in [-0.15, -0.1) is 0 Å². The number of hydrogen-bond acceptors (Lipinski definition) is 7. The van der Waals surface area contributed by atoms with Gasteiger partial charge >= 0.3 is 11.7 Å². The fourth-order valence-corrected chi connectivity index (χ4v) is 3.78. The Morgan fingerprint density at radius 1 is 1.25 bits per heavy atom. The maximum absolute atomic E-state index is 11.9.